The SMILES string of the molecule is C=C/C(SF)=C(/C)CC. The zero-order valence-corrected chi connectivity index (χ0v) is 6.59. The Bertz CT molecular complexity index is 127. The van der Waals surface area contributed by atoms with Gasteiger partial charge in [0.25, 0.3) is 0 Å². The highest BCUT2D eigenvalue weighted by atomic mass is 32.2. The topological polar surface area (TPSA) is 0 Å². The van der Waals surface area contributed by atoms with Gasteiger partial charge < -0.3 is 0 Å². The van der Waals surface area contributed by atoms with Gasteiger partial charge in [-0.2, -0.15) is 3.89 Å². The van der Waals surface area contributed by atoms with E-state index in [4.69, 9.17) is 0 Å². The fraction of sp³-hybridized carbons (Fsp3) is 0.429. The Morgan fingerprint density at radius 1 is 1.78 bits per heavy atom. The molecule has 0 aromatic heterocycles. The first-order chi connectivity index (χ1) is 4.26. The van der Waals surface area contributed by atoms with Gasteiger partial charge in [0.15, 0.2) is 0 Å². The van der Waals surface area contributed by atoms with Gasteiger partial charge in [-0.1, -0.05) is 25.2 Å². The number of halogens is 1. The van der Waals surface area contributed by atoms with Gasteiger partial charge in [0.05, 0.1) is 12.1 Å². The highest BCUT2D eigenvalue weighted by Crippen LogP contribution is 2.22. The van der Waals surface area contributed by atoms with Crippen molar-refractivity contribution in [1.29, 1.82) is 0 Å². The lowest BCUT2D eigenvalue weighted by molar-refractivity contribution is 0.942. The van der Waals surface area contributed by atoms with Crippen LogP contribution in [0.4, 0.5) is 3.89 Å². The summed E-state index contributed by atoms with van der Waals surface area (Å²) in [6.45, 7) is 7.38. The van der Waals surface area contributed by atoms with Crippen molar-refractivity contribution in [2.24, 2.45) is 0 Å². The van der Waals surface area contributed by atoms with Gasteiger partial charge in [-0.05, 0) is 13.3 Å². The molecule has 0 bridgehead atoms. The standard InChI is InChI=1S/C7H11FS/c1-4-6(3)7(5-2)9-8/h5H,2,4H2,1,3H3/b7-6+. The summed E-state index contributed by atoms with van der Waals surface area (Å²) in [5.74, 6) is 0. The summed E-state index contributed by atoms with van der Waals surface area (Å²) in [5.41, 5.74) is 1.05. The van der Waals surface area contributed by atoms with Crippen LogP contribution in [0.5, 0.6) is 0 Å². The maximum Gasteiger partial charge on any atom is 0.0811 e. The molecule has 0 aliphatic heterocycles. The van der Waals surface area contributed by atoms with Crippen molar-refractivity contribution < 1.29 is 3.89 Å². The van der Waals surface area contributed by atoms with Crippen molar-refractivity contribution in [3.63, 3.8) is 0 Å². The number of allylic oxidation sites excluding steroid dienone is 2. The molecule has 0 heterocycles. The molecule has 0 radical (unpaired) electrons. The van der Waals surface area contributed by atoms with Gasteiger partial charge in [-0.3, -0.25) is 0 Å². The van der Waals surface area contributed by atoms with Crippen LogP contribution < -0.4 is 0 Å². The maximum absolute atomic E-state index is 11.9. The Balaban J connectivity index is 4.18. The lowest BCUT2D eigenvalue weighted by Crippen LogP contribution is -1.75. The van der Waals surface area contributed by atoms with E-state index in [1.165, 1.54) is 0 Å². The van der Waals surface area contributed by atoms with Crippen LogP contribution in [-0.4, -0.2) is 0 Å². The second-order valence-corrected chi connectivity index (χ2v) is 2.37. The molecule has 9 heavy (non-hydrogen) atoms. The fourth-order valence-electron chi connectivity index (χ4n) is 0.446. The van der Waals surface area contributed by atoms with Gasteiger partial charge in [-0.25, -0.2) is 0 Å². The minimum atomic E-state index is 0.264. The Morgan fingerprint density at radius 2 is 2.33 bits per heavy atom. The number of rotatable bonds is 3. The third-order valence-electron chi connectivity index (χ3n) is 1.22. The molecule has 0 nitrogen and oxygen atoms in total. The average Bonchev–Trinajstić information content (AvgIpc) is 1.90. The molecule has 0 N–H and O–H groups in total. The molecule has 0 saturated carbocycles. The van der Waals surface area contributed by atoms with Crippen LogP contribution in [0.1, 0.15) is 20.3 Å². The van der Waals surface area contributed by atoms with Gasteiger partial charge in [0.1, 0.15) is 0 Å². The molecule has 0 aromatic carbocycles. The fourth-order valence-corrected chi connectivity index (χ4v) is 0.785. The monoisotopic (exact) mass is 146 g/mol. The van der Waals surface area contributed by atoms with Crippen LogP contribution in [0.3, 0.4) is 0 Å². The van der Waals surface area contributed by atoms with Crippen LogP contribution in [0.2, 0.25) is 0 Å². The van der Waals surface area contributed by atoms with Crippen molar-refractivity contribution in [3.8, 4) is 0 Å². The van der Waals surface area contributed by atoms with E-state index in [1.807, 2.05) is 13.8 Å². The molecule has 0 atom stereocenters. The molecule has 0 aliphatic carbocycles. The zero-order chi connectivity index (χ0) is 7.28. The Morgan fingerprint density at radius 3 is 2.44 bits per heavy atom. The van der Waals surface area contributed by atoms with Crippen LogP contribution in [-0.2, 0) is 0 Å². The second kappa shape index (κ2) is 4.62. The molecule has 0 amide bonds. The van der Waals surface area contributed by atoms with Gasteiger partial charge in [-0.15, -0.1) is 0 Å². The summed E-state index contributed by atoms with van der Waals surface area (Å²) in [5, 5.41) is 0. The summed E-state index contributed by atoms with van der Waals surface area (Å²) >= 11 is 0.264. The summed E-state index contributed by atoms with van der Waals surface area (Å²) in [6.07, 6.45) is 2.43. The largest absolute Gasteiger partial charge is 0.160 e. The van der Waals surface area contributed by atoms with E-state index in [-0.39, 0.29) is 12.1 Å². The second-order valence-electron chi connectivity index (χ2n) is 1.78. The molecule has 0 saturated heterocycles. The van der Waals surface area contributed by atoms with E-state index in [1.54, 1.807) is 6.08 Å². The molecular weight excluding hydrogens is 135 g/mol. The highest BCUT2D eigenvalue weighted by molar-refractivity contribution is 7.98. The van der Waals surface area contributed by atoms with Crippen LogP contribution in [0.25, 0.3) is 0 Å². The minimum Gasteiger partial charge on any atom is -0.160 e. The molecule has 0 aromatic rings. The number of hydrogen-bond acceptors (Lipinski definition) is 1. The van der Waals surface area contributed by atoms with Crippen molar-refractivity contribution in [3.05, 3.63) is 23.1 Å². The molecule has 2 heteroatoms. The quantitative estimate of drug-likeness (QED) is 0.549. The maximum atomic E-state index is 11.9. The first-order valence-electron chi connectivity index (χ1n) is 2.87. The van der Waals surface area contributed by atoms with Crippen molar-refractivity contribution >= 4 is 12.1 Å². The Labute approximate surface area is 60.1 Å². The lowest BCUT2D eigenvalue weighted by Gasteiger charge is -1.97. The smallest absolute Gasteiger partial charge is 0.0811 e. The van der Waals surface area contributed by atoms with E-state index in [0.717, 1.165) is 12.0 Å². The molecular formula is C7H11FS. The van der Waals surface area contributed by atoms with Gasteiger partial charge in [0, 0.05) is 4.91 Å². The lowest BCUT2D eigenvalue weighted by atomic mass is 10.2. The summed E-state index contributed by atoms with van der Waals surface area (Å²) in [6, 6.07) is 0. The van der Waals surface area contributed by atoms with Gasteiger partial charge >= 0.3 is 0 Å². The normalized spacial score (nSPS) is 12.8. The van der Waals surface area contributed by atoms with Crippen LogP contribution in [0, 0.1) is 0 Å². The molecule has 0 aliphatic rings. The predicted molar refractivity (Wildman–Crippen MR) is 41.9 cm³/mol. The molecule has 52 valence electrons. The van der Waals surface area contributed by atoms with Crippen molar-refractivity contribution in [2.45, 2.75) is 20.3 Å². The first kappa shape index (κ1) is 8.76. The predicted octanol–water partition coefficient (Wildman–Crippen LogP) is 3.47. The summed E-state index contributed by atoms with van der Waals surface area (Å²) < 4.78 is 11.9. The highest BCUT2D eigenvalue weighted by Gasteiger charge is 1.95. The molecule has 0 unspecified atom stereocenters. The van der Waals surface area contributed by atoms with E-state index in [2.05, 4.69) is 6.58 Å². The average molecular weight is 146 g/mol. The van der Waals surface area contributed by atoms with Crippen molar-refractivity contribution in [1.82, 2.24) is 0 Å². The molecule has 0 spiro atoms. The van der Waals surface area contributed by atoms with Crippen LogP contribution in [0.15, 0.2) is 23.1 Å². The minimum absolute atomic E-state index is 0.264. The number of hydrogen-bond donors (Lipinski definition) is 0. The van der Waals surface area contributed by atoms with E-state index >= 15 is 0 Å². The van der Waals surface area contributed by atoms with Crippen molar-refractivity contribution in [2.75, 3.05) is 0 Å². The zero-order valence-electron chi connectivity index (χ0n) is 5.78. The Kier molecular flexibility index (Phi) is 4.50. The molecule has 0 fully saturated rings. The summed E-state index contributed by atoms with van der Waals surface area (Å²) in [4.78, 5) is 0.650. The Hall–Kier alpha value is -0.240. The van der Waals surface area contributed by atoms with Gasteiger partial charge in [0.2, 0.25) is 0 Å². The molecule has 0 rings (SSSR count). The third kappa shape index (κ3) is 2.70. The first-order valence-corrected chi connectivity index (χ1v) is 3.58. The summed E-state index contributed by atoms with van der Waals surface area (Å²) in [7, 11) is 0. The van der Waals surface area contributed by atoms with E-state index in [9.17, 15) is 3.89 Å². The third-order valence-corrected chi connectivity index (χ3v) is 1.90. The van der Waals surface area contributed by atoms with E-state index < -0.39 is 0 Å². The van der Waals surface area contributed by atoms with Crippen LogP contribution >= 0.6 is 12.1 Å². The van der Waals surface area contributed by atoms with E-state index in [0.29, 0.717) is 4.91 Å².